The van der Waals surface area contributed by atoms with Gasteiger partial charge in [0.25, 0.3) is 0 Å². The highest BCUT2D eigenvalue weighted by Crippen LogP contribution is 2.24. The fourth-order valence-corrected chi connectivity index (χ4v) is 1.81. The molecule has 1 aromatic carbocycles. The molecule has 2 atom stereocenters. The minimum Gasteiger partial charge on any atom is -0.497 e. The third kappa shape index (κ3) is 4.13. The van der Waals surface area contributed by atoms with Gasteiger partial charge < -0.3 is 20.5 Å². The second-order valence-corrected chi connectivity index (χ2v) is 4.81. The van der Waals surface area contributed by atoms with E-state index in [1.807, 2.05) is 26.0 Å². The first-order chi connectivity index (χ1) is 9.53. The number of benzene rings is 1. The van der Waals surface area contributed by atoms with E-state index in [1.54, 1.807) is 20.3 Å². The molecule has 0 saturated carbocycles. The summed E-state index contributed by atoms with van der Waals surface area (Å²) >= 11 is 0. The molecule has 1 amide bonds. The van der Waals surface area contributed by atoms with Crippen LogP contribution in [0.15, 0.2) is 18.2 Å². The van der Waals surface area contributed by atoms with Gasteiger partial charge in [0.15, 0.2) is 0 Å². The van der Waals surface area contributed by atoms with Crippen molar-refractivity contribution in [3.05, 3.63) is 23.8 Å². The van der Waals surface area contributed by atoms with Gasteiger partial charge in [0.05, 0.1) is 20.3 Å². The lowest BCUT2D eigenvalue weighted by Gasteiger charge is -2.18. The van der Waals surface area contributed by atoms with Crippen molar-refractivity contribution in [1.82, 2.24) is 5.32 Å². The molecular weight excluding hydrogens is 256 g/mol. The number of carbonyl (C=O) groups excluding carboxylic acids is 1. The Morgan fingerprint density at radius 2 is 2.05 bits per heavy atom. The summed E-state index contributed by atoms with van der Waals surface area (Å²) in [5, 5.41) is 2.84. The second kappa shape index (κ2) is 7.75. The predicted octanol–water partition coefficient (Wildman–Crippen LogP) is 1.69. The van der Waals surface area contributed by atoms with Crippen LogP contribution in [0, 0.1) is 5.92 Å². The highest BCUT2D eigenvalue weighted by Gasteiger charge is 2.19. The van der Waals surface area contributed by atoms with Crippen molar-refractivity contribution in [3.63, 3.8) is 0 Å². The molecule has 112 valence electrons. The standard InChI is InChI=1S/C15H24N2O3/c1-5-10(2)14(16)15(18)17-9-11-6-7-12(19-3)8-13(11)20-4/h6-8,10,14H,5,9,16H2,1-4H3,(H,17,18). The summed E-state index contributed by atoms with van der Waals surface area (Å²) in [4.78, 5) is 11.9. The number of nitrogens with one attached hydrogen (secondary N) is 1. The molecule has 1 aromatic rings. The van der Waals surface area contributed by atoms with Crippen LogP contribution in [-0.2, 0) is 11.3 Å². The minimum absolute atomic E-state index is 0.141. The lowest BCUT2D eigenvalue weighted by atomic mass is 9.99. The van der Waals surface area contributed by atoms with Gasteiger partial charge in [-0.3, -0.25) is 4.79 Å². The Kier molecular flexibility index (Phi) is 6.31. The Balaban J connectivity index is 2.68. The van der Waals surface area contributed by atoms with Gasteiger partial charge in [0, 0.05) is 18.2 Å². The molecule has 0 bridgehead atoms. The molecular formula is C15H24N2O3. The molecule has 3 N–H and O–H groups in total. The Bertz CT molecular complexity index is 449. The minimum atomic E-state index is -0.482. The fourth-order valence-electron chi connectivity index (χ4n) is 1.81. The van der Waals surface area contributed by atoms with Gasteiger partial charge in [-0.15, -0.1) is 0 Å². The van der Waals surface area contributed by atoms with E-state index >= 15 is 0 Å². The molecule has 0 saturated heterocycles. The van der Waals surface area contributed by atoms with Crippen LogP contribution in [0.5, 0.6) is 11.5 Å². The Labute approximate surface area is 120 Å². The normalized spacial score (nSPS) is 13.4. The Morgan fingerprint density at radius 1 is 1.35 bits per heavy atom. The van der Waals surface area contributed by atoms with Crippen molar-refractivity contribution in [2.24, 2.45) is 11.7 Å². The van der Waals surface area contributed by atoms with Gasteiger partial charge >= 0.3 is 0 Å². The molecule has 5 heteroatoms. The van der Waals surface area contributed by atoms with Crippen molar-refractivity contribution in [3.8, 4) is 11.5 Å². The number of carbonyl (C=O) groups is 1. The smallest absolute Gasteiger partial charge is 0.237 e. The van der Waals surface area contributed by atoms with Crippen molar-refractivity contribution in [1.29, 1.82) is 0 Å². The van der Waals surface area contributed by atoms with Gasteiger partial charge in [-0.05, 0) is 18.1 Å². The summed E-state index contributed by atoms with van der Waals surface area (Å²) in [6.45, 7) is 4.37. The SMILES string of the molecule is CCC(C)C(N)C(=O)NCc1ccc(OC)cc1OC. The van der Waals surface area contributed by atoms with Crippen molar-refractivity contribution >= 4 is 5.91 Å². The summed E-state index contributed by atoms with van der Waals surface area (Å²) in [6.07, 6.45) is 0.875. The zero-order valence-corrected chi connectivity index (χ0v) is 12.6. The van der Waals surface area contributed by atoms with Gasteiger partial charge in [0.2, 0.25) is 5.91 Å². The molecule has 0 fully saturated rings. The van der Waals surface area contributed by atoms with E-state index in [0.717, 1.165) is 12.0 Å². The molecule has 20 heavy (non-hydrogen) atoms. The van der Waals surface area contributed by atoms with Crippen LogP contribution in [0.4, 0.5) is 0 Å². The highest BCUT2D eigenvalue weighted by atomic mass is 16.5. The average Bonchev–Trinajstić information content (AvgIpc) is 2.50. The summed E-state index contributed by atoms with van der Waals surface area (Å²) < 4.78 is 10.4. The van der Waals surface area contributed by atoms with Crippen LogP contribution in [0.3, 0.4) is 0 Å². The first kappa shape index (κ1) is 16.3. The van der Waals surface area contributed by atoms with Gasteiger partial charge in [-0.25, -0.2) is 0 Å². The van der Waals surface area contributed by atoms with Crippen LogP contribution in [0.2, 0.25) is 0 Å². The summed E-state index contributed by atoms with van der Waals surface area (Å²) in [5.41, 5.74) is 6.78. The largest absolute Gasteiger partial charge is 0.497 e. The second-order valence-electron chi connectivity index (χ2n) is 4.81. The molecule has 0 aliphatic heterocycles. The van der Waals surface area contributed by atoms with Crippen LogP contribution >= 0.6 is 0 Å². The van der Waals surface area contributed by atoms with E-state index in [4.69, 9.17) is 15.2 Å². The van der Waals surface area contributed by atoms with E-state index in [2.05, 4.69) is 5.32 Å². The van der Waals surface area contributed by atoms with Crippen LogP contribution < -0.4 is 20.5 Å². The number of nitrogens with two attached hydrogens (primary N) is 1. The van der Waals surface area contributed by atoms with Gasteiger partial charge in [-0.2, -0.15) is 0 Å². The molecule has 0 aliphatic carbocycles. The number of rotatable bonds is 7. The Hall–Kier alpha value is -1.75. The average molecular weight is 280 g/mol. The zero-order valence-electron chi connectivity index (χ0n) is 12.6. The molecule has 0 aromatic heterocycles. The molecule has 5 nitrogen and oxygen atoms in total. The predicted molar refractivity (Wildman–Crippen MR) is 78.8 cm³/mol. The number of hydrogen-bond acceptors (Lipinski definition) is 4. The first-order valence-corrected chi connectivity index (χ1v) is 6.77. The molecule has 0 aliphatic rings. The summed E-state index contributed by atoms with van der Waals surface area (Å²) in [5.74, 6) is 1.42. The van der Waals surface area contributed by atoms with Crippen molar-refractivity contribution in [2.75, 3.05) is 14.2 Å². The maximum absolute atomic E-state index is 11.9. The Morgan fingerprint density at radius 3 is 2.60 bits per heavy atom. The lowest BCUT2D eigenvalue weighted by molar-refractivity contribution is -0.123. The van der Waals surface area contributed by atoms with Crippen LogP contribution in [-0.4, -0.2) is 26.2 Å². The van der Waals surface area contributed by atoms with E-state index in [0.29, 0.717) is 18.0 Å². The molecule has 2 unspecified atom stereocenters. The van der Waals surface area contributed by atoms with Crippen molar-refractivity contribution in [2.45, 2.75) is 32.9 Å². The number of ether oxygens (including phenoxy) is 2. The third-order valence-corrected chi connectivity index (χ3v) is 3.51. The summed E-state index contributed by atoms with van der Waals surface area (Å²) in [7, 11) is 3.19. The number of amides is 1. The maximum atomic E-state index is 11.9. The number of hydrogen-bond donors (Lipinski definition) is 2. The van der Waals surface area contributed by atoms with Gasteiger partial charge in [-0.1, -0.05) is 20.3 Å². The van der Waals surface area contributed by atoms with E-state index in [1.165, 1.54) is 0 Å². The molecule has 0 radical (unpaired) electrons. The first-order valence-electron chi connectivity index (χ1n) is 6.77. The van der Waals surface area contributed by atoms with Crippen LogP contribution in [0.25, 0.3) is 0 Å². The maximum Gasteiger partial charge on any atom is 0.237 e. The monoisotopic (exact) mass is 280 g/mol. The van der Waals surface area contributed by atoms with Gasteiger partial charge in [0.1, 0.15) is 11.5 Å². The molecule has 0 spiro atoms. The number of methoxy groups -OCH3 is 2. The highest BCUT2D eigenvalue weighted by molar-refractivity contribution is 5.81. The van der Waals surface area contributed by atoms with E-state index in [-0.39, 0.29) is 11.8 Å². The van der Waals surface area contributed by atoms with Crippen LogP contribution in [0.1, 0.15) is 25.8 Å². The molecule has 0 heterocycles. The summed E-state index contributed by atoms with van der Waals surface area (Å²) in [6, 6.07) is 5.01. The topological polar surface area (TPSA) is 73.6 Å². The fraction of sp³-hybridized carbons (Fsp3) is 0.533. The quantitative estimate of drug-likeness (QED) is 0.797. The van der Waals surface area contributed by atoms with Crippen molar-refractivity contribution < 1.29 is 14.3 Å². The van der Waals surface area contributed by atoms with E-state index < -0.39 is 6.04 Å². The molecule has 1 rings (SSSR count). The van der Waals surface area contributed by atoms with E-state index in [9.17, 15) is 4.79 Å². The zero-order chi connectivity index (χ0) is 15.1. The third-order valence-electron chi connectivity index (χ3n) is 3.51. The lowest BCUT2D eigenvalue weighted by Crippen LogP contribution is -2.44.